The molecule has 1 aromatic carbocycles. The van der Waals surface area contributed by atoms with E-state index in [1.807, 2.05) is 24.0 Å². The van der Waals surface area contributed by atoms with Crippen LogP contribution in [0, 0.1) is 12.8 Å². The van der Waals surface area contributed by atoms with Gasteiger partial charge in [0.2, 0.25) is 11.8 Å². The Morgan fingerprint density at radius 3 is 2.50 bits per heavy atom. The molecule has 0 spiro atoms. The summed E-state index contributed by atoms with van der Waals surface area (Å²) in [5, 5.41) is 3.10. The molecule has 5 heteroatoms. The minimum Gasteiger partial charge on any atom is -0.340 e. The molecular formula is C23H35N3O2. The molecule has 1 aliphatic carbocycles. The monoisotopic (exact) mass is 385 g/mol. The van der Waals surface area contributed by atoms with Gasteiger partial charge in [-0.2, -0.15) is 0 Å². The van der Waals surface area contributed by atoms with Gasteiger partial charge in [-0.25, -0.2) is 0 Å². The molecule has 2 fully saturated rings. The number of hydrogen-bond donors (Lipinski definition) is 1. The summed E-state index contributed by atoms with van der Waals surface area (Å²) in [4.78, 5) is 29.1. The van der Waals surface area contributed by atoms with Crippen molar-refractivity contribution >= 4 is 17.5 Å². The van der Waals surface area contributed by atoms with Crippen LogP contribution < -0.4 is 5.32 Å². The third-order valence-electron chi connectivity index (χ3n) is 6.34. The van der Waals surface area contributed by atoms with Crippen LogP contribution in [0.4, 0.5) is 5.69 Å². The maximum atomic E-state index is 12.5. The molecule has 1 aromatic rings. The van der Waals surface area contributed by atoms with Gasteiger partial charge in [0.15, 0.2) is 0 Å². The molecule has 0 atom stereocenters. The van der Waals surface area contributed by atoms with Crippen molar-refractivity contribution in [2.75, 3.05) is 38.0 Å². The Balaban J connectivity index is 1.41. The Labute approximate surface area is 169 Å². The number of hydrogen-bond acceptors (Lipinski definition) is 3. The zero-order valence-corrected chi connectivity index (χ0v) is 17.5. The summed E-state index contributed by atoms with van der Waals surface area (Å²) in [5.74, 6) is 1.09. The van der Waals surface area contributed by atoms with E-state index in [4.69, 9.17) is 0 Å². The van der Waals surface area contributed by atoms with E-state index in [9.17, 15) is 9.59 Å². The predicted molar refractivity (Wildman–Crippen MR) is 113 cm³/mol. The zero-order chi connectivity index (χ0) is 19.9. The molecule has 1 saturated carbocycles. The highest BCUT2D eigenvalue weighted by molar-refractivity contribution is 5.93. The summed E-state index contributed by atoms with van der Waals surface area (Å²) >= 11 is 0. The third-order valence-corrected chi connectivity index (χ3v) is 6.34. The van der Waals surface area contributed by atoms with Gasteiger partial charge in [0.05, 0.1) is 6.54 Å². The Morgan fingerprint density at radius 2 is 1.82 bits per heavy atom. The van der Waals surface area contributed by atoms with E-state index in [-0.39, 0.29) is 5.91 Å². The fraction of sp³-hybridized carbons (Fsp3) is 0.652. The number of piperazine rings is 1. The van der Waals surface area contributed by atoms with Crippen LogP contribution in [0.15, 0.2) is 18.2 Å². The van der Waals surface area contributed by atoms with Crippen molar-refractivity contribution in [1.29, 1.82) is 0 Å². The highest BCUT2D eigenvalue weighted by Crippen LogP contribution is 2.28. The molecule has 0 aromatic heterocycles. The molecule has 3 rings (SSSR count). The predicted octanol–water partition coefficient (Wildman–Crippen LogP) is 3.61. The quantitative estimate of drug-likeness (QED) is 0.780. The number of aryl methyl sites for hydroxylation is 2. The summed E-state index contributed by atoms with van der Waals surface area (Å²) in [6.45, 7) is 7.55. The van der Waals surface area contributed by atoms with Crippen LogP contribution in [0.3, 0.4) is 0 Å². The summed E-state index contributed by atoms with van der Waals surface area (Å²) < 4.78 is 0. The first-order valence-electron chi connectivity index (χ1n) is 10.9. The Morgan fingerprint density at radius 1 is 1.11 bits per heavy atom. The van der Waals surface area contributed by atoms with E-state index in [1.54, 1.807) is 0 Å². The number of carbonyl (C=O) groups is 2. The van der Waals surface area contributed by atoms with Crippen LogP contribution in [-0.2, 0) is 16.0 Å². The van der Waals surface area contributed by atoms with Crippen LogP contribution in [0.5, 0.6) is 0 Å². The van der Waals surface area contributed by atoms with E-state index < -0.39 is 0 Å². The van der Waals surface area contributed by atoms with E-state index in [1.165, 1.54) is 31.2 Å². The van der Waals surface area contributed by atoms with Gasteiger partial charge in [-0.3, -0.25) is 14.5 Å². The summed E-state index contributed by atoms with van der Waals surface area (Å²) in [5.41, 5.74) is 3.23. The van der Waals surface area contributed by atoms with E-state index in [0.29, 0.717) is 18.9 Å². The van der Waals surface area contributed by atoms with Gasteiger partial charge >= 0.3 is 0 Å². The second-order valence-corrected chi connectivity index (χ2v) is 8.36. The van der Waals surface area contributed by atoms with Crippen LogP contribution in [0.25, 0.3) is 0 Å². The fourth-order valence-electron chi connectivity index (χ4n) is 4.52. The molecule has 28 heavy (non-hydrogen) atoms. The number of benzene rings is 1. The number of rotatable bonds is 7. The number of para-hydroxylation sites is 1. The SMILES string of the molecule is CCc1cccc(C)c1NC(=O)CN1CCN(C(=O)CCC2CCCC2)CC1. The lowest BCUT2D eigenvalue weighted by Gasteiger charge is -2.34. The first-order chi connectivity index (χ1) is 13.6. The van der Waals surface area contributed by atoms with Crippen molar-refractivity contribution in [3.8, 4) is 0 Å². The molecule has 2 amide bonds. The topological polar surface area (TPSA) is 52.7 Å². The van der Waals surface area contributed by atoms with Gasteiger partial charge in [-0.05, 0) is 36.8 Å². The first kappa shape index (κ1) is 20.8. The molecule has 0 radical (unpaired) electrons. The molecule has 154 valence electrons. The van der Waals surface area contributed by atoms with Crippen molar-refractivity contribution < 1.29 is 9.59 Å². The lowest BCUT2D eigenvalue weighted by atomic mass is 10.0. The standard InChI is InChI=1S/C23H35N3O2/c1-3-20-10-6-7-18(2)23(20)24-21(27)17-25-13-15-26(16-14-25)22(28)12-11-19-8-4-5-9-19/h6-7,10,19H,3-5,8-9,11-17H2,1-2H3,(H,24,27). The minimum absolute atomic E-state index is 0.0324. The number of nitrogens with one attached hydrogen (secondary N) is 1. The summed E-state index contributed by atoms with van der Waals surface area (Å²) in [6, 6.07) is 6.13. The van der Waals surface area contributed by atoms with Gasteiger partial charge in [-0.1, -0.05) is 50.8 Å². The Hall–Kier alpha value is -1.88. The van der Waals surface area contributed by atoms with Crippen molar-refractivity contribution in [2.45, 2.75) is 58.8 Å². The molecule has 0 unspecified atom stereocenters. The van der Waals surface area contributed by atoms with E-state index in [0.717, 1.165) is 56.2 Å². The van der Waals surface area contributed by atoms with Crippen molar-refractivity contribution in [2.24, 2.45) is 5.92 Å². The molecule has 1 aliphatic heterocycles. The van der Waals surface area contributed by atoms with Gasteiger partial charge in [0.25, 0.3) is 0 Å². The lowest BCUT2D eigenvalue weighted by molar-refractivity contribution is -0.133. The number of nitrogens with zero attached hydrogens (tertiary/aromatic N) is 2. The maximum absolute atomic E-state index is 12.5. The third kappa shape index (κ3) is 5.57. The Bertz CT molecular complexity index is 674. The van der Waals surface area contributed by atoms with Crippen LogP contribution in [0.2, 0.25) is 0 Å². The molecule has 1 saturated heterocycles. The zero-order valence-electron chi connectivity index (χ0n) is 17.5. The van der Waals surface area contributed by atoms with Crippen LogP contribution in [-0.4, -0.2) is 54.3 Å². The highest BCUT2D eigenvalue weighted by Gasteiger charge is 2.24. The lowest BCUT2D eigenvalue weighted by Crippen LogP contribution is -2.50. The van der Waals surface area contributed by atoms with Crippen LogP contribution >= 0.6 is 0 Å². The molecule has 1 heterocycles. The molecule has 1 N–H and O–H groups in total. The largest absolute Gasteiger partial charge is 0.340 e. The summed E-state index contributed by atoms with van der Waals surface area (Å²) in [6.07, 6.45) is 7.92. The van der Waals surface area contributed by atoms with Crippen molar-refractivity contribution in [3.63, 3.8) is 0 Å². The number of anilines is 1. The molecular weight excluding hydrogens is 350 g/mol. The molecule has 2 aliphatic rings. The smallest absolute Gasteiger partial charge is 0.238 e. The number of amides is 2. The molecule has 5 nitrogen and oxygen atoms in total. The second-order valence-electron chi connectivity index (χ2n) is 8.36. The van der Waals surface area contributed by atoms with Crippen LogP contribution in [0.1, 0.15) is 56.6 Å². The van der Waals surface area contributed by atoms with E-state index >= 15 is 0 Å². The molecule has 0 bridgehead atoms. The second kappa shape index (κ2) is 10.1. The number of carbonyl (C=O) groups excluding carboxylic acids is 2. The fourth-order valence-corrected chi connectivity index (χ4v) is 4.52. The normalized spacial score (nSPS) is 18.4. The maximum Gasteiger partial charge on any atom is 0.238 e. The van der Waals surface area contributed by atoms with Gasteiger partial charge in [0.1, 0.15) is 0 Å². The highest BCUT2D eigenvalue weighted by atomic mass is 16.2. The summed E-state index contributed by atoms with van der Waals surface area (Å²) in [7, 11) is 0. The van der Waals surface area contributed by atoms with Gasteiger partial charge < -0.3 is 10.2 Å². The Kier molecular flexibility index (Phi) is 7.49. The van der Waals surface area contributed by atoms with Crippen molar-refractivity contribution in [3.05, 3.63) is 29.3 Å². The average Bonchev–Trinajstić information content (AvgIpc) is 3.22. The average molecular weight is 386 g/mol. The van der Waals surface area contributed by atoms with E-state index in [2.05, 4.69) is 23.2 Å². The van der Waals surface area contributed by atoms with Crippen molar-refractivity contribution in [1.82, 2.24) is 9.80 Å². The van der Waals surface area contributed by atoms with Gasteiger partial charge in [-0.15, -0.1) is 0 Å². The van der Waals surface area contributed by atoms with Gasteiger partial charge in [0, 0.05) is 38.3 Å². The minimum atomic E-state index is 0.0324. The first-order valence-corrected chi connectivity index (χ1v) is 10.9.